The second-order valence-corrected chi connectivity index (χ2v) is 6.56. The van der Waals surface area contributed by atoms with Crippen molar-refractivity contribution < 1.29 is 19.4 Å². The average molecular weight is 359 g/mol. The molecule has 0 bridgehead atoms. The molecule has 1 aromatic carbocycles. The van der Waals surface area contributed by atoms with Crippen LogP contribution in [0.3, 0.4) is 0 Å². The quantitative estimate of drug-likeness (QED) is 0.775. The molecular weight excluding hydrogens is 335 g/mol. The molecule has 0 spiro atoms. The third-order valence-corrected chi connectivity index (χ3v) is 4.94. The molecule has 0 aliphatic carbocycles. The number of aliphatic hydroxyl groups excluding tert-OH is 2. The van der Waals surface area contributed by atoms with Gasteiger partial charge in [-0.3, -0.25) is 4.79 Å². The largest absolute Gasteiger partial charge is 0.396 e. The van der Waals surface area contributed by atoms with Crippen LogP contribution in [-0.2, 0) is 0 Å². The van der Waals surface area contributed by atoms with Crippen LogP contribution in [0.15, 0.2) is 18.2 Å². The van der Waals surface area contributed by atoms with Crippen molar-refractivity contribution in [2.24, 2.45) is 11.8 Å². The van der Waals surface area contributed by atoms with E-state index in [-0.39, 0.29) is 41.5 Å². The lowest BCUT2D eigenvalue weighted by Crippen LogP contribution is -2.36. The van der Waals surface area contributed by atoms with Gasteiger partial charge in [0, 0.05) is 38.7 Å². The molecule has 1 saturated heterocycles. The minimum Gasteiger partial charge on any atom is -0.396 e. The molecule has 2 atom stereocenters. The van der Waals surface area contributed by atoms with Crippen molar-refractivity contribution in [3.63, 3.8) is 0 Å². The number of rotatable bonds is 7. The van der Waals surface area contributed by atoms with Gasteiger partial charge in [0.25, 0.3) is 5.91 Å². The van der Waals surface area contributed by atoms with Gasteiger partial charge < -0.3 is 20.0 Å². The maximum absolute atomic E-state index is 13.4. The van der Waals surface area contributed by atoms with Gasteiger partial charge >= 0.3 is 0 Å². The van der Waals surface area contributed by atoms with Gasteiger partial charge in [0.1, 0.15) is 5.82 Å². The predicted octanol–water partition coefficient (Wildman–Crippen LogP) is 1.47. The smallest absolute Gasteiger partial charge is 0.255 e. The van der Waals surface area contributed by atoms with Gasteiger partial charge in [0.2, 0.25) is 0 Å². The van der Waals surface area contributed by atoms with Gasteiger partial charge in [-0.05, 0) is 30.7 Å². The van der Waals surface area contributed by atoms with Crippen molar-refractivity contribution in [2.45, 2.75) is 6.92 Å². The summed E-state index contributed by atoms with van der Waals surface area (Å²) in [7, 11) is 0. The summed E-state index contributed by atoms with van der Waals surface area (Å²) in [6.45, 7) is 5.03. The highest BCUT2D eigenvalue weighted by atomic mass is 35.5. The van der Waals surface area contributed by atoms with E-state index in [0.717, 1.165) is 12.6 Å². The zero-order valence-electron chi connectivity index (χ0n) is 13.8. The number of carbonyl (C=O) groups is 1. The van der Waals surface area contributed by atoms with Crippen LogP contribution in [0.2, 0.25) is 5.02 Å². The molecule has 0 radical (unpaired) electrons. The molecule has 1 aromatic rings. The number of likely N-dealkylation sites (tertiary alicyclic amines) is 1. The van der Waals surface area contributed by atoms with E-state index in [2.05, 4.69) is 4.90 Å². The van der Waals surface area contributed by atoms with Gasteiger partial charge in [0.15, 0.2) is 0 Å². The summed E-state index contributed by atoms with van der Waals surface area (Å²) < 4.78 is 13.4. The minimum absolute atomic E-state index is 0.0119. The Morgan fingerprint density at radius 1 is 1.38 bits per heavy atom. The molecule has 0 saturated carbocycles. The summed E-state index contributed by atoms with van der Waals surface area (Å²) in [5, 5.41) is 19.0. The molecule has 2 N–H and O–H groups in total. The zero-order chi connectivity index (χ0) is 17.7. The Bertz CT molecular complexity index is 573. The first-order chi connectivity index (χ1) is 11.5. The fourth-order valence-corrected chi connectivity index (χ4v) is 3.40. The van der Waals surface area contributed by atoms with Gasteiger partial charge in [-0.25, -0.2) is 4.39 Å². The van der Waals surface area contributed by atoms with Crippen LogP contribution in [0.5, 0.6) is 0 Å². The maximum Gasteiger partial charge on any atom is 0.255 e. The molecule has 134 valence electrons. The number of aliphatic hydroxyl groups is 2. The molecule has 1 heterocycles. The highest BCUT2D eigenvalue weighted by Crippen LogP contribution is 2.27. The van der Waals surface area contributed by atoms with Crippen LogP contribution in [0.25, 0.3) is 0 Å². The zero-order valence-corrected chi connectivity index (χ0v) is 14.5. The maximum atomic E-state index is 13.4. The molecule has 7 heteroatoms. The van der Waals surface area contributed by atoms with E-state index in [1.165, 1.54) is 12.1 Å². The van der Waals surface area contributed by atoms with Gasteiger partial charge in [-0.1, -0.05) is 18.5 Å². The van der Waals surface area contributed by atoms with Crippen LogP contribution in [0.1, 0.15) is 17.3 Å². The highest BCUT2D eigenvalue weighted by molar-refractivity contribution is 6.33. The molecule has 24 heavy (non-hydrogen) atoms. The normalized spacial score (nSPS) is 20.8. The predicted molar refractivity (Wildman–Crippen MR) is 90.6 cm³/mol. The topological polar surface area (TPSA) is 64.0 Å². The first-order valence-electron chi connectivity index (χ1n) is 8.18. The molecule has 2 rings (SSSR count). The van der Waals surface area contributed by atoms with Crippen molar-refractivity contribution >= 4 is 17.5 Å². The lowest BCUT2D eigenvalue weighted by atomic mass is 9.96. The van der Waals surface area contributed by atoms with E-state index in [9.17, 15) is 14.3 Å². The number of benzene rings is 1. The van der Waals surface area contributed by atoms with Crippen LogP contribution in [0, 0.1) is 17.7 Å². The lowest BCUT2D eigenvalue weighted by Gasteiger charge is -2.25. The van der Waals surface area contributed by atoms with Crippen molar-refractivity contribution in [1.29, 1.82) is 0 Å². The summed E-state index contributed by atoms with van der Waals surface area (Å²) in [4.78, 5) is 16.4. The molecular formula is C17H24ClFN2O3. The van der Waals surface area contributed by atoms with Crippen molar-refractivity contribution in [3.05, 3.63) is 34.6 Å². The number of hydrogen-bond donors (Lipinski definition) is 2. The summed E-state index contributed by atoms with van der Waals surface area (Å²) >= 11 is 6.02. The Balaban J connectivity index is 2.10. The third-order valence-electron chi connectivity index (χ3n) is 4.61. The second kappa shape index (κ2) is 8.76. The van der Waals surface area contributed by atoms with Crippen LogP contribution in [-0.4, -0.2) is 71.9 Å². The Morgan fingerprint density at radius 2 is 2.08 bits per heavy atom. The molecule has 1 aliphatic heterocycles. The number of amides is 1. The number of likely N-dealkylation sites (N-methyl/N-ethyl adjacent to an activating group) is 1. The molecule has 0 aromatic heterocycles. The number of carbonyl (C=O) groups excluding carboxylic acids is 1. The fraction of sp³-hybridized carbons (Fsp3) is 0.588. The molecule has 5 nitrogen and oxygen atoms in total. The van der Waals surface area contributed by atoms with Crippen LogP contribution >= 0.6 is 11.6 Å². The van der Waals surface area contributed by atoms with E-state index < -0.39 is 5.82 Å². The number of halogens is 2. The lowest BCUT2D eigenvalue weighted by molar-refractivity contribution is 0.0778. The standard InChI is InChI=1S/C17H24ClFN2O3/c1-2-20(5-6-22)8-12-9-21(10-13(12)11-23)17(24)15-7-14(19)3-4-16(15)18/h3-4,7,12-13,22-23H,2,5-6,8-11H2,1H3/t12-,13-/m1/s1. The van der Waals surface area contributed by atoms with E-state index in [0.29, 0.717) is 26.2 Å². The van der Waals surface area contributed by atoms with E-state index in [1.54, 1.807) is 4.90 Å². The van der Waals surface area contributed by atoms with Crippen LogP contribution in [0.4, 0.5) is 4.39 Å². The first kappa shape index (κ1) is 19.1. The SMILES string of the molecule is CCN(CCO)C[C@@H]1CN(C(=O)c2cc(F)ccc2Cl)C[C@@H]1CO. The summed E-state index contributed by atoms with van der Waals surface area (Å²) in [6, 6.07) is 3.74. The molecule has 0 unspecified atom stereocenters. The van der Waals surface area contributed by atoms with Crippen molar-refractivity contribution in [1.82, 2.24) is 9.80 Å². The summed E-state index contributed by atoms with van der Waals surface area (Å²) in [5.74, 6) is -0.741. The number of nitrogens with zero attached hydrogens (tertiary/aromatic N) is 2. The molecule has 1 amide bonds. The minimum atomic E-state index is -0.502. The van der Waals surface area contributed by atoms with Gasteiger partial charge in [0.05, 0.1) is 17.2 Å². The number of hydrogen-bond acceptors (Lipinski definition) is 4. The third kappa shape index (κ3) is 4.45. The highest BCUT2D eigenvalue weighted by Gasteiger charge is 2.36. The van der Waals surface area contributed by atoms with E-state index in [4.69, 9.17) is 16.7 Å². The summed E-state index contributed by atoms with van der Waals surface area (Å²) in [6.07, 6.45) is 0. The monoisotopic (exact) mass is 358 g/mol. The second-order valence-electron chi connectivity index (χ2n) is 6.15. The summed E-state index contributed by atoms with van der Waals surface area (Å²) in [5.41, 5.74) is 0.150. The van der Waals surface area contributed by atoms with Gasteiger partial charge in [-0.2, -0.15) is 0 Å². The Labute approximate surface area is 146 Å². The van der Waals surface area contributed by atoms with Gasteiger partial charge in [-0.15, -0.1) is 0 Å². The molecule has 1 aliphatic rings. The molecule has 1 fully saturated rings. The first-order valence-corrected chi connectivity index (χ1v) is 8.56. The van der Waals surface area contributed by atoms with Crippen LogP contribution < -0.4 is 0 Å². The fourth-order valence-electron chi connectivity index (χ4n) is 3.20. The van der Waals surface area contributed by atoms with Crippen molar-refractivity contribution in [3.8, 4) is 0 Å². The Kier molecular flexibility index (Phi) is 6.98. The Hall–Kier alpha value is -1.21. The van der Waals surface area contributed by atoms with E-state index >= 15 is 0 Å². The Morgan fingerprint density at radius 3 is 2.71 bits per heavy atom. The van der Waals surface area contributed by atoms with E-state index in [1.807, 2.05) is 6.92 Å². The average Bonchev–Trinajstić information content (AvgIpc) is 2.98. The van der Waals surface area contributed by atoms with Crippen molar-refractivity contribution in [2.75, 3.05) is 45.9 Å².